The van der Waals surface area contributed by atoms with Crippen LogP contribution in [-0.4, -0.2) is 36.0 Å². The Morgan fingerprint density at radius 1 is 0.765 bits per heavy atom. The molecule has 0 rings (SSSR count). The molecule has 4 heteroatoms. The van der Waals surface area contributed by atoms with Crippen LogP contribution >= 0.6 is 0 Å². The topological polar surface area (TPSA) is 27.7 Å². The van der Waals surface area contributed by atoms with Gasteiger partial charge in [0.2, 0.25) is 0 Å². The lowest BCUT2D eigenvalue weighted by atomic mass is 10.1. The first-order chi connectivity index (χ1) is 8.24. The molecule has 0 saturated carbocycles. The molecule has 0 saturated heterocycles. The molecule has 0 radical (unpaired) electrons. The molecular weight excluding hydrogens is 232 g/mol. The summed E-state index contributed by atoms with van der Waals surface area (Å²) in [5.41, 5.74) is 0. The van der Waals surface area contributed by atoms with Gasteiger partial charge in [-0.25, -0.2) is 0 Å². The Hall–Kier alpha value is 0.0969. The van der Waals surface area contributed by atoms with Crippen LogP contribution in [0.25, 0.3) is 0 Å². The van der Waals surface area contributed by atoms with Gasteiger partial charge in [0.15, 0.2) is 0 Å². The summed E-state index contributed by atoms with van der Waals surface area (Å²) in [5, 5.41) is 0. The minimum Gasteiger partial charge on any atom is -0.328 e. The van der Waals surface area contributed by atoms with Crippen LogP contribution in [0.5, 0.6) is 0 Å². The fraction of sp³-hybridized carbons (Fsp3) is 1.00. The molecule has 0 N–H and O–H groups in total. The molecule has 0 aliphatic rings. The van der Waals surface area contributed by atoms with Gasteiger partial charge in [0.05, 0.1) is 0 Å². The van der Waals surface area contributed by atoms with Crippen molar-refractivity contribution >= 4 is 10.2 Å². The van der Waals surface area contributed by atoms with Gasteiger partial charge in [0.25, 0.3) is 5.97 Å². The molecule has 0 aliphatic heterocycles. The fourth-order valence-corrected chi connectivity index (χ4v) is 2.45. The van der Waals surface area contributed by atoms with Gasteiger partial charge in [0.1, 0.15) is 0 Å². The summed E-state index contributed by atoms with van der Waals surface area (Å²) in [7, 11) is 1.33. The number of rotatable bonds is 12. The van der Waals surface area contributed by atoms with Crippen LogP contribution in [0.15, 0.2) is 0 Å². The molecule has 0 aromatic rings. The van der Waals surface area contributed by atoms with Crippen molar-refractivity contribution in [3.05, 3.63) is 0 Å². The molecule has 0 aromatic heterocycles. The Kier molecular flexibility index (Phi) is 11.3. The first kappa shape index (κ1) is 17.1. The summed E-state index contributed by atoms with van der Waals surface area (Å²) in [6, 6.07) is 1.41. The monoisotopic (exact) mass is 262 g/mol. The molecule has 0 spiro atoms. The van der Waals surface area contributed by atoms with E-state index in [2.05, 4.69) is 0 Å². The lowest BCUT2D eigenvalue weighted by Gasteiger charge is -2.32. The normalized spacial score (nSPS) is 12.2. The van der Waals surface area contributed by atoms with E-state index in [4.69, 9.17) is 14.2 Å². The van der Waals surface area contributed by atoms with E-state index >= 15 is 0 Å². The average molecular weight is 262 g/mol. The van der Waals surface area contributed by atoms with Crippen LogP contribution in [0.2, 0.25) is 6.04 Å². The quantitative estimate of drug-likeness (QED) is 0.307. The smallest absolute Gasteiger partial charge is 0.282 e. The van der Waals surface area contributed by atoms with Crippen molar-refractivity contribution in [2.45, 2.75) is 64.9 Å². The Labute approximate surface area is 110 Å². The van der Waals surface area contributed by atoms with Crippen molar-refractivity contribution in [3.63, 3.8) is 0 Å². The van der Waals surface area contributed by atoms with Crippen molar-refractivity contribution in [2.75, 3.05) is 19.8 Å². The van der Waals surface area contributed by atoms with E-state index < -0.39 is 5.97 Å². The molecule has 0 fully saturated rings. The van der Waals surface area contributed by atoms with Gasteiger partial charge in [-0.15, -0.1) is 0 Å². The molecular formula is C13H30O3Si. The number of hydrogen-bond acceptors (Lipinski definition) is 3. The van der Waals surface area contributed by atoms with Crippen LogP contribution in [-0.2, 0) is 14.2 Å². The van der Waals surface area contributed by atoms with Crippen molar-refractivity contribution < 1.29 is 14.2 Å². The van der Waals surface area contributed by atoms with Gasteiger partial charge in [-0.1, -0.05) is 25.3 Å². The van der Waals surface area contributed by atoms with Crippen molar-refractivity contribution in [1.82, 2.24) is 0 Å². The molecule has 0 aromatic carbocycles. The van der Waals surface area contributed by atoms with Crippen molar-refractivity contribution in [1.29, 1.82) is 0 Å². The van der Waals surface area contributed by atoms with Crippen molar-refractivity contribution in [2.24, 2.45) is 0 Å². The van der Waals surface area contributed by atoms with E-state index in [1.807, 2.05) is 20.8 Å². The molecule has 104 valence electrons. The summed E-state index contributed by atoms with van der Waals surface area (Å²) in [5.74, 6) is -0.792. The SMILES string of the molecule is CCOC(CCCCCC[SiH3])(OCC)OCC. The predicted molar refractivity (Wildman–Crippen MR) is 75.4 cm³/mol. The van der Waals surface area contributed by atoms with Crippen LogP contribution in [0.4, 0.5) is 0 Å². The second-order valence-electron chi connectivity index (χ2n) is 4.15. The van der Waals surface area contributed by atoms with Crippen LogP contribution in [0.3, 0.4) is 0 Å². The maximum atomic E-state index is 5.68. The molecule has 0 amide bonds. The third-order valence-corrected chi connectivity index (χ3v) is 3.39. The summed E-state index contributed by atoms with van der Waals surface area (Å²) >= 11 is 0. The summed E-state index contributed by atoms with van der Waals surface area (Å²) < 4.78 is 17.0. The average Bonchev–Trinajstić information content (AvgIpc) is 2.30. The predicted octanol–water partition coefficient (Wildman–Crippen LogP) is 2.48. The fourth-order valence-electron chi connectivity index (χ4n) is 1.95. The first-order valence-corrected chi connectivity index (χ1v) is 8.57. The number of ether oxygens (including phenoxy) is 3. The second kappa shape index (κ2) is 11.2. The standard InChI is InChI=1S/C13H30O3Si/c1-4-14-13(15-5-2,16-6-3)11-9-7-8-10-12-17/h4-12H2,1-3,17H3. The van der Waals surface area contributed by atoms with E-state index in [1.54, 1.807) is 0 Å². The van der Waals surface area contributed by atoms with Crippen LogP contribution in [0, 0.1) is 0 Å². The third kappa shape index (κ3) is 7.92. The molecule has 3 nitrogen and oxygen atoms in total. The molecule has 17 heavy (non-hydrogen) atoms. The van der Waals surface area contributed by atoms with E-state index in [0.717, 1.165) is 12.8 Å². The zero-order valence-corrected chi connectivity index (χ0v) is 14.1. The lowest BCUT2D eigenvalue weighted by Crippen LogP contribution is -2.39. The van der Waals surface area contributed by atoms with Crippen LogP contribution in [0.1, 0.15) is 52.9 Å². The zero-order chi connectivity index (χ0) is 13.0. The highest BCUT2D eigenvalue weighted by atomic mass is 28.1. The number of hydrogen-bond donors (Lipinski definition) is 0. The van der Waals surface area contributed by atoms with E-state index in [-0.39, 0.29) is 0 Å². The van der Waals surface area contributed by atoms with Crippen molar-refractivity contribution in [3.8, 4) is 0 Å². The molecule has 0 atom stereocenters. The van der Waals surface area contributed by atoms with Gasteiger partial charge in [0, 0.05) is 36.5 Å². The minimum atomic E-state index is -0.792. The highest BCUT2D eigenvalue weighted by Gasteiger charge is 2.31. The molecule has 0 bridgehead atoms. The van der Waals surface area contributed by atoms with Gasteiger partial charge >= 0.3 is 0 Å². The molecule has 0 unspecified atom stereocenters. The summed E-state index contributed by atoms with van der Waals surface area (Å²) in [6.45, 7) is 7.82. The first-order valence-electron chi connectivity index (χ1n) is 7.16. The Morgan fingerprint density at radius 3 is 1.65 bits per heavy atom. The van der Waals surface area contributed by atoms with Gasteiger partial charge in [-0.05, 0) is 27.2 Å². The highest BCUT2D eigenvalue weighted by Crippen LogP contribution is 2.23. The lowest BCUT2D eigenvalue weighted by molar-refractivity contribution is -0.380. The van der Waals surface area contributed by atoms with Crippen LogP contribution < -0.4 is 0 Å². The second-order valence-corrected chi connectivity index (χ2v) is 5.15. The zero-order valence-electron chi connectivity index (χ0n) is 12.1. The Morgan fingerprint density at radius 2 is 1.24 bits per heavy atom. The Balaban J connectivity index is 4.05. The van der Waals surface area contributed by atoms with E-state index in [9.17, 15) is 0 Å². The summed E-state index contributed by atoms with van der Waals surface area (Å²) in [6.07, 6.45) is 5.89. The maximum Gasteiger partial charge on any atom is 0.282 e. The van der Waals surface area contributed by atoms with E-state index in [0.29, 0.717) is 19.8 Å². The van der Waals surface area contributed by atoms with Gasteiger partial charge < -0.3 is 14.2 Å². The molecule has 0 aliphatic carbocycles. The van der Waals surface area contributed by atoms with Gasteiger partial charge in [-0.3, -0.25) is 0 Å². The Bertz CT molecular complexity index is 148. The number of unbranched alkanes of at least 4 members (excludes halogenated alkanes) is 3. The van der Waals surface area contributed by atoms with Gasteiger partial charge in [-0.2, -0.15) is 0 Å². The molecule has 0 heterocycles. The van der Waals surface area contributed by atoms with E-state index in [1.165, 1.54) is 35.5 Å². The minimum absolute atomic E-state index is 0.626. The third-order valence-electron chi connectivity index (χ3n) is 2.68. The maximum absolute atomic E-state index is 5.68. The largest absolute Gasteiger partial charge is 0.328 e. The highest BCUT2D eigenvalue weighted by molar-refractivity contribution is 6.08. The summed E-state index contributed by atoms with van der Waals surface area (Å²) in [4.78, 5) is 0.